The van der Waals surface area contributed by atoms with E-state index in [9.17, 15) is 26.4 Å². The zero-order chi connectivity index (χ0) is 19.1. The van der Waals surface area contributed by atoms with Crippen molar-refractivity contribution in [2.45, 2.75) is 11.1 Å². The minimum atomic E-state index is -4.58. The number of benzene rings is 1. The zero-order valence-electron chi connectivity index (χ0n) is 12.8. The van der Waals surface area contributed by atoms with Crippen LogP contribution in [0.1, 0.15) is 15.9 Å². The van der Waals surface area contributed by atoms with E-state index < -0.39 is 27.0 Å². The number of anilines is 1. The first-order chi connectivity index (χ1) is 12.1. The summed E-state index contributed by atoms with van der Waals surface area (Å²) in [5.41, 5.74) is -1.01. The van der Waals surface area contributed by atoms with E-state index in [2.05, 4.69) is 4.98 Å². The van der Waals surface area contributed by atoms with Crippen molar-refractivity contribution in [3.05, 3.63) is 47.7 Å². The van der Waals surface area contributed by atoms with Gasteiger partial charge in [0.2, 0.25) is 5.88 Å². The van der Waals surface area contributed by atoms with Gasteiger partial charge in [-0.2, -0.15) is 13.2 Å². The number of carbonyl (C=O) groups excluding carboxylic acids is 1. The van der Waals surface area contributed by atoms with Crippen LogP contribution >= 0.6 is 11.6 Å². The van der Waals surface area contributed by atoms with E-state index in [-0.39, 0.29) is 35.2 Å². The van der Waals surface area contributed by atoms with Crippen LogP contribution in [0.2, 0.25) is 0 Å². The number of carbonyl (C=O) groups is 1. The number of rotatable bonds is 3. The summed E-state index contributed by atoms with van der Waals surface area (Å²) in [6, 6.07) is 4.32. The van der Waals surface area contributed by atoms with E-state index in [4.69, 9.17) is 16.3 Å². The molecule has 1 aliphatic heterocycles. The molecule has 1 aliphatic rings. The summed E-state index contributed by atoms with van der Waals surface area (Å²) in [4.78, 5) is 14.8. The molecule has 6 nitrogen and oxygen atoms in total. The third-order valence-electron chi connectivity index (χ3n) is 3.63. The molecule has 26 heavy (non-hydrogen) atoms. The Morgan fingerprint density at radius 1 is 1.23 bits per heavy atom. The number of nitrogens with zero attached hydrogens (tertiary/aromatic N) is 2. The van der Waals surface area contributed by atoms with Gasteiger partial charge in [-0.15, -0.1) is 0 Å². The second-order valence-corrected chi connectivity index (χ2v) is 7.48. The number of aromatic nitrogens is 1. The minimum absolute atomic E-state index is 0.00592. The Labute approximate surface area is 151 Å². The maximum atomic E-state index is 12.8. The molecule has 0 radical (unpaired) electrons. The van der Waals surface area contributed by atoms with Crippen LogP contribution in [0.5, 0.6) is 5.88 Å². The quantitative estimate of drug-likeness (QED) is 0.732. The zero-order valence-corrected chi connectivity index (χ0v) is 14.4. The average Bonchev–Trinajstić information content (AvgIpc) is 2.60. The summed E-state index contributed by atoms with van der Waals surface area (Å²) in [5, 5.41) is -0.835. The van der Waals surface area contributed by atoms with Crippen LogP contribution in [0, 0.1) is 0 Å². The highest BCUT2D eigenvalue weighted by Gasteiger charge is 2.34. The van der Waals surface area contributed by atoms with E-state index in [0.29, 0.717) is 12.1 Å². The number of pyridine rings is 1. The molecule has 0 unspecified atom stereocenters. The van der Waals surface area contributed by atoms with Crippen LogP contribution in [0.15, 0.2) is 41.4 Å². The number of halogens is 4. The normalized spacial score (nSPS) is 14.5. The monoisotopic (exact) mass is 406 g/mol. The summed E-state index contributed by atoms with van der Waals surface area (Å²) in [5.74, 6) is -0.0200. The Bertz CT molecular complexity index is 962. The van der Waals surface area contributed by atoms with Crippen LogP contribution in [-0.4, -0.2) is 31.8 Å². The first kappa shape index (κ1) is 18.5. The Balaban J connectivity index is 2.04. The standard InChI is InChI=1S/C15H10ClF3N2O4S/c16-13(22)9-7-12-14(20-8-9)25-6-5-21(12)26(23,24)11-3-1-10(2-4-11)15(17,18)19/h1-4,7-8H,5-6H2. The van der Waals surface area contributed by atoms with Crippen molar-refractivity contribution in [2.24, 2.45) is 0 Å². The molecule has 0 amide bonds. The lowest BCUT2D eigenvalue weighted by atomic mass is 10.2. The fraction of sp³-hybridized carbons (Fsp3) is 0.200. The SMILES string of the molecule is O=C(Cl)c1cnc2c(c1)N(S(=O)(=O)c1ccc(C(F)(F)F)cc1)CCO2. The van der Waals surface area contributed by atoms with Gasteiger partial charge in [0, 0.05) is 6.20 Å². The fourth-order valence-corrected chi connectivity index (χ4v) is 3.92. The van der Waals surface area contributed by atoms with Gasteiger partial charge < -0.3 is 4.74 Å². The molecule has 0 spiro atoms. The third-order valence-corrected chi connectivity index (χ3v) is 5.68. The van der Waals surface area contributed by atoms with Crippen LogP contribution < -0.4 is 9.04 Å². The van der Waals surface area contributed by atoms with E-state index in [1.165, 1.54) is 6.07 Å². The molecular formula is C15H10ClF3N2O4S. The minimum Gasteiger partial charge on any atom is -0.474 e. The highest BCUT2D eigenvalue weighted by molar-refractivity contribution is 7.92. The van der Waals surface area contributed by atoms with E-state index in [1.54, 1.807) is 0 Å². The number of ether oxygens (including phenoxy) is 1. The van der Waals surface area contributed by atoms with Crippen molar-refractivity contribution in [2.75, 3.05) is 17.5 Å². The van der Waals surface area contributed by atoms with Crippen LogP contribution in [0.4, 0.5) is 18.9 Å². The number of hydrogen-bond acceptors (Lipinski definition) is 5. The van der Waals surface area contributed by atoms with Gasteiger partial charge >= 0.3 is 6.18 Å². The van der Waals surface area contributed by atoms with Crippen molar-refractivity contribution in [1.29, 1.82) is 0 Å². The molecule has 0 saturated carbocycles. The summed E-state index contributed by atoms with van der Waals surface area (Å²) in [7, 11) is -4.19. The van der Waals surface area contributed by atoms with Crippen LogP contribution in [0.25, 0.3) is 0 Å². The molecule has 2 heterocycles. The van der Waals surface area contributed by atoms with Gasteiger partial charge in [0.1, 0.15) is 12.3 Å². The Kier molecular flexibility index (Phi) is 4.57. The van der Waals surface area contributed by atoms with Crippen molar-refractivity contribution in [3.63, 3.8) is 0 Å². The van der Waals surface area contributed by atoms with Gasteiger partial charge in [-0.1, -0.05) is 0 Å². The second kappa shape index (κ2) is 6.44. The van der Waals surface area contributed by atoms with Crippen molar-refractivity contribution < 1.29 is 31.1 Å². The molecule has 0 saturated heterocycles. The lowest BCUT2D eigenvalue weighted by Crippen LogP contribution is -2.38. The Morgan fingerprint density at radius 2 is 1.88 bits per heavy atom. The summed E-state index contributed by atoms with van der Waals surface area (Å²) in [6.45, 7) is -0.105. The largest absolute Gasteiger partial charge is 0.474 e. The third kappa shape index (κ3) is 3.34. The molecular weight excluding hydrogens is 397 g/mol. The topological polar surface area (TPSA) is 76.6 Å². The van der Waals surface area contributed by atoms with Gasteiger partial charge in [-0.3, -0.25) is 9.10 Å². The van der Waals surface area contributed by atoms with Crippen LogP contribution in [-0.2, 0) is 16.2 Å². The lowest BCUT2D eigenvalue weighted by molar-refractivity contribution is -0.137. The first-order valence-corrected chi connectivity index (χ1v) is 8.95. The molecule has 2 aromatic rings. The predicted molar refractivity (Wildman–Crippen MR) is 85.9 cm³/mol. The number of sulfonamides is 1. The number of hydrogen-bond donors (Lipinski definition) is 0. The molecule has 0 bridgehead atoms. The highest BCUT2D eigenvalue weighted by Crippen LogP contribution is 2.35. The van der Waals surface area contributed by atoms with Gasteiger partial charge in [-0.05, 0) is 41.9 Å². The summed E-state index contributed by atoms with van der Waals surface area (Å²) >= 11 is 5.39. The van der Waals surface area contributed by atoms with Crippen molar-refractivity contribution in [3.8, 4) is 5.88 Å². The van der Waals surface area contributed by atoms with Crippen LogP contribution in [0.3, 0.4) is 0 Å². The summed E-state index contributed by atoms with van der Waals surface area (Å²) < 4.78 is 69.8. The molecule has 138 valence electrons. The molecule has 1 aromatic heterocycles. The van der Waals surface area contributed by atoms with Gasteiger partial charge in [0.25, 0.3) is 15.3 Å². The maximum absolute atomic E-state index is 12.8. The van der Waals surface area contributed by atoms with Crippen molar-refractivity contribution >= 4 is 32.6 Å². The fourth-order valence-electron chi connectivity index (χ4n) is 2.38. The Morgan fingerprint density at radius 3 is 2.46 bits per heavy atom. The molecule has 3 rings (SSSR count). The second-order valence-electron chi connectivity index (χ2n) is 5.27. The van der Waals surface area contributed by atoms with Gasteiger partial charge in [0.15, 0.2) is 0 Å². The molecule has 1 aromatic carbocycles. The molecule has 11 heteroatoms. The van der Waals surface area contributed by atoms with E-state index >= 15 is 0 Å². The van der Waals surface area contributed by atoms with Gasteiger partial charge in [-0.25, -0.2) is 13.4 Å². The number of alkyl halides is 3. The predicted octanol–water partition coefficient (Wildman–Crippen LogP) is 3.07. The highest BCUT2D eigenvalue weighted by atomic mass is 35.5. The average molecular weight is 407 g/mol. The summed E-state index contributed by atoms with van der Waals surface area (Å²) in [6.07, 6.45) is -3.43. The van der Waals surface area contributed by atoms with E-state index in [0.717, 1.165) is 22.6 Å². The molecule has 0 aliphatic carbocycles. The Hall–Kier alpha value is -2.33. The maximum Gasteiger partial charge on any atom is 0.416 e. The molecule has 0 atom stereocenters. The first-order valence-electron chi connectivity index (χ1n) is 7.13. The van der Waals surface area contributed by atoms with Crippen molar-refractivity contribution in [1.82, 2.24) is 4.98 Å². The smallest absolute Gasteiger partial charge is 0.416 e. The van der Waals surface area contributed by atoms with E-state index in [1.807, 2.05) is 0 Å². The lowest BCUT2D eigenvalue weighted by Gasteiger charge is -2.29. The van der Waals surface area contributed by atoms with Gasteiger partial charge in [0.05, 0.1) is 22.6 Å². The molecule has 0 fully saturated rings. The molecule has 0 N–H and O–H groups in total. The number of fused-ring (bicyclic) bond motifs is 1.